The first-order chi connectivity index (χ1) is 16.9. The molecular weight excluding hydrogens is 453 g/mol. The zero-order chi connectivity index (χ0) is 25.0. The highest BCUT2D eigenvalue weighted by Gasteiger charge is 2.30. The van der Waals surface area contributed by atoms with Crippen LogP contribution in [0, 0.1) is 11.7 Å². The van der Waals surface area contributed by atoms with E-state index in [9.17, 15) is 18.8 Å². The van der Waals surface area contributed by atoms with Crippen molar-refractivity contribution in [1.29, 1.82) is 0 Å². The van der Waals surface area contributed by atoms with Crippen molar-refractivity contribution in [3.63, 3.8) is 0 Å². The molecule has 2 aliphatic heterocycles. The molecule has 192 valence electrons. The van der Waals surface area contributed by atoms with Gasteiger partial charge in [0.05, 0.1) is 0 Å². The van der Waals surface area contributed by atoms with Gasteiger partial charge in [0.1, 0.15) is 11.9 Å². The molecule has 2 aliphatic rings. The van der Waals surface area contributed by atoms with Gasteiger partial charge >= 0.3 is 0 Å². The van der Waals surface area contributed by atoms with Gasteiger partial charge in [-0.25, -0.2) is 14.7 Å². The Kier molecular flexibility index (Phi) is 10.7. The summed E-state index contributed by atoms with van der Waals surface area (Å²) >= 11 is 0. The second-order valence-corrected chi connectivity index (χ2v) is 9.14. The van der Waals surface area contributed by atoms with Gasteiger partial charge in [0.2, 0.25) is 17.7 Å². The summed E-state index contributed by atoms with van der Waals surface area (Å²) in [6.45, 7) is 1.10. The van der Waals surface area contributed by atoms with Gasteiger partial charge in [0.25, 0.3) is 0 Å². The summed E-state index contributed by atoms with van der Waals surface area (Å²) in [5.41, 5.74) is 2.77. The molecule has 2 unspecified atom stereocenters. The average Bonchev–Trinajstić information content (AvgIpc) is 2.86. The Hall–Kier alpha value is -2.78. The summed E-state index contributed by atoms with van der Waals surface area (Å²) in [4.78, 5) is 46.0. The highest BCUT2D eigenvalue weighted by molar-refractivity contribution is 5.91. The van der Waals surface area contributed by atoms with Gasteiger partial charge in [-0.2, -0.15) is 0 Å². The number of hydrogen-bond acceptors (Lipinski definition) is 5. The van der Waals surface area contributed by atoms with Crippen LogP contribution in [0.3, 0.4) is 0 Å². The summed E-state index contributed by atoms with van der Waals surface area (Å²) in [6.07, 6.45) is 9.78. The topological polar surface area (TPSA) is 97.0 Å². The van der Waals surface area contributed by atoms with Crippen LogP contribution < -0.4 is 10.8 Å². The van der Waals surface area contributed by atoms with Crippen LogP contribution in [-0.2, 0) is 24.0 Å². The van der Waals surface area contributed by atoms with E-state index in [4.69, 9.17) is 9.57 Å². The maximum Gasteiger partial charge on any atom is 0.249 e. The smallest absolute Gasteiger partial charge is 0.249 e. The lowest BCUT2D eigenvalue weighted by Gasteiger charge is -2.27. The van der Waals surface area contributed by atoms with E-state index < -0.39 is 35.9 Å². The summed E-state index contributed by atoms with van der Waals surface area (Å²) in [5.74, 6) is -2.34. The molecule has 3 atom stereocenters. The van der Waals surface area contributed by atoms with Crippen molar-refractivity contribution in [3.05, 3.63) is 47.8 Å². The Morgan fingerprint density at radius 1 is 1.17 bits per heavy atom. The monoisotopic (exact) mass is 489 g/mol. The summed E-state index contributed by atoms with van der Waals surface area (Å²) in [7, 11) is 1.67. The Bertz CT molecular complexity index is 887. The standard InChI is InChI=1S/C26H36FN3O5/c1-30-15-8-5-3-2-4-6-11-20(18-22(31)29-35-23-14-7-9-16-34-23)25(32)28-24(26(30)33)19-12-10-13-21(27)17-19/h2-3,10,12-13,17,20,23-24H,4-9,11,14-16,18H2,1H3,(H,28,32)(H,29,31)/t20?,23-,24?/m0/s1. The quantitative estimate of drug-likeness (QED) is 0.487. The molecule has 0 saturated carbocycles. The Labute approximate surface area is 206 Å². The minimum Gasteiger partial charge on any atom is -0.350 e. The van der Waals surface area contributed by atoms with Crippen LogP contribution in [0.25, 0.3) is 0 Å². The Balaban J connectivity index is 1.73. The Morgan fingerprint density at radius 3 is 2.71 bits per heavy atom. The lowest BCUT2D eigenvalue weighted by atomic mass is 9.95. The number of hydroxylamine groups is 1. The van der Waals surface area contributed by atoms with Gasteiger partial charge in [-0.3, -0.25) is 14.4 Å². The third-order valence-corrected chi connectivity index (χ3v) is 6.29. The number of allylic oxidation sites excluding steroid dienone is 2. The fourth-order valence-electron chi connectivity index (χ4n) is 4.26. The van der Waals surface area contributed by atoms with Crippen molar-refractivity contribution in [3.8, 4) is 0 Å². The third-order valence-electron chi connectivity index (χ3n) is 6.29. The van der Waals surface area contributed by atoms with Crippen molar-refractivity contribution >= 4 is 17.7 Å². The van der Waals surface area contributed by atoms with E-state index in [1.165, 1.54) is 18.2 Å². The maximum atomic E-state index is 14.0. The predicted octanol–water partition coefficient (Wildman–Crippen LogP) is 3.54. The number of rotatable bonds is 5. The average molecular weight is 490 g/mol. The van der Waals surface area contributed by atoms with Gasteiger partial charge in [-0.05, 0) is 62.6 Å². The second-order valence-electron chi connectivity index (χ2n) is 9.14. The van der Waals surface area contributed by atoms with Gasteiger partial charge in [-0.15, -0.1) is 0 Å². The zero-order valence-electron chi connectivity index (χ0n) is 20.3. The molecule has 0 bridgehead atoms. The van der Waals surface area contributed by atoms with E-state index in [1.54, 1.807) is 18.0 Å². The number of carbonyl (C=O) groups excluding carboxylic acids is 3. The molecule has 0 spiro atoms. The van der Waals surface area contributed by atoms with Crippen LogP contribution in [-0.4, -0.2) is 49.1 Å². The number of hydrogen-bond donors (Lipinski definition) is 2. The first-order valence-electron chi connectivity index (χ1n) is 12.5. The second kappa shape index (κ2) is 13.9. The fraction of sp³-hybridized carbons (Fsp3) is 0.577. The molecule has 0 aliphatic carbocycles. The van der Waals surface area contributed by atoms with Crippen LogP contribution in [0.4, 0.5) is 4.39 Å². The molecule has 0 radical (unpaired) electrons. The molecule has 9 heteroatoms. The fourth-order valence-corrected chi connectivity index (χ4v) is 4.26. The molecule has 8 nitrogen and oxygen atoms in total. The van der Waals surface area contributed by atoms with Crippen LogP contribution >= 0.6 is 0 Å². The summed E-state index contributed by atoms with van der Waals surface area (Å²) < 4.78 is 19.4. The number of nitrogens with zero attached hydrogens (tertiary/aromatic N) is 1. The van der Waals surface area contributed by atoms with Crippen LogP contribution in [0.15, 0.2) is 36.4 Å². The van der Waals surface area contributed by atoms with Gasteiger partial charge in [0.15, 0.2) is 6.29 Å². The summed E-state index contributed by atoms with van der Waals surface area (Å²) in [5, 5.41) is 2.80. The minimum absolute atomic E-state index is 0.0951. The van der Waals surface area contributed by atoms with Gasteiger partial charge in [-0.1, -0.05) is 24.3 Å². The molecule has 2 heterocycles. The molecule has 3 amide bonds. The molecule has 3 rings (SSSR count). The normalized spacial score (nSPS) is 25.0. The minimum atomic E-state index is -1.04. The van der Waals surface area contributed by atoms with Crippen molar-refractivity contribution < 1.29 is 28.3 Å². The highest BCUT2D eigenvalue weighted by atomic mass is 19.1. The molecule has 35 heavy (non-hydrogen) atoms. The third kappa shape index (κ3) is 8.74. The summed E-state index contributed by atoms with van der Waals surface area (Å²) in [6, 6.07) is 4.63. The van der Waals surface area contributed by atoms with Crippen molar-refractivity contribution in [1.82, 2.24) is 15.7 Å². The van der Waals surface area contributed by atoms with Crippen LogP contribution in [0.5, 0.6) is 0 Å². The first-order valence-corrected chi connectivity index (χ1v) is 12.5. The number of likely N-dealkylation sites (N-methyl/N-ethyl adjacent to an activating group) is 1. The lowest BCUT2D eigenvalue weighted by molar-refractivity contribution is -0.200. The van der Waals surface area contributed by atoms with E-state index >= 15 is 0 Å². The van der Waals surface area contributed by atoms with E-state index in [0.717, 1.165) is 32.1 Å². The number of ether oxygens (including phenoxy) is 1. The van der Waals surface area contributed by atoms with E-state index in [1.807, 2.05) is 0 Å². The van der Waals surface area contributed by atoms with Gasteiger partial charge < -0.3 is 15.0 Å². The highest BCUT2D eigenvalue weighted by Crippen LogP contribution is 2.21. The molecule has 0 aromatic heterocycles. The molecule has 1 aromatic carbocycles. The first kappa shape index (κ1) is 26.8. The number of amides is 3. The molecule has 1 saturated heterocycles. The van der Waals surface area contributed by atoms with E-state index in [2.05, 4.69) is 22.9 Å². The van der Waals surface area contributed by atoms with Crippen molar-refractivity contribution in [2.24, 2.45) is 5.92 Å². The molecule has 1 fully saturated rings. The zero-order valence-corrected chi connectivity index (χ0v) is 20.3. The SMILES string of the molecule is CN1CCCC=CCCCC(CC(=O)NO[C@H]2CCCCO2)C(=O)NC(c2cccc(F)c2)C1=O. The molecular formula is C26H36FN3O5. The number of halogens is 1. The van der Waals surface area contributed by atoms with E-state index in [-0.39, 0.29) is 12.3 Å². The molecule has 2 N–H and O–H groups in total. The van der Waals surface area contributed by atoms with Gasteiger partial charge in [0, 0.05) is 39.0 Å². The predicted molar refractivity (Wildman–Crippen MR) is 128 cm³/mol. The maximum absolute atomic E-state index is 14.0. The molecule has 1 aromatic rings. The lowest BCUT2D eigenvalue weighted by Crippen LogP contribution is -2.44. The Morgan fingerprint density at radius 2 is 1.97 bits per heavy atom. The number of carbonyl (C=O) groups is 3. The van der Waals surface area contributed by atoms with Crippen molar-refractivity contribution in [2.75, 3.05) is 20.2 Å². The van der Waals surface area contributed by atoms with E-state index in [0.29, 0.717) is 38.0 Å². The number of benzene rings is 1. The van der Waals surface area contributed by atoms with Crippen molar-refractivity contribution in [2.45, 2.75) is 70.1 Å². The van der Waals surface area contributed by atoms with Crippen LogP contribution in [0.1, 0.15) is 69.4 Å². The number of nitrogens with one attached hydrogen (secondary N) is 2. The largest absolute Gasteiger partial charge is 0.350 e. The van der Waals surface area contributed by atoms with Crippen LogP contribution in [0.2, 0.25) is 0 Å².